The fourth-order valence-corrected chi connectivity index (χ4v) is 3.95. The first-order valence-corrected chi connectivity index (χ1v) is 11.6. The number of esters is 1. The molecule has 0 spiro atoms. The molecule has 3 rings (SSSR count). The van der Waals surface area contributed by atoms with E-state index in [1.165, 1.54) is 25.3 Å². The topological polar surface area (TPSA) is 111 Å². The molecular weight excluding hydrogens is 456 g/mol. The lowest BCUT2D eigenvalue weighted by Gasteiger charge is -2.18. The normalized spacial score (nSPS) is 11.6. The van der Waals surface area contributed by atoms with Crippen molar-refractivity contribution in [2.45, 2.75) is 11.0 Å². The molecule has 0 aromatic heterocycles. The lowest BCUT2D eigenvalue weighted by atomic mass is 10.1. The summed E-state index contributed by atoms with van der Waals surface area (Å²) in [4.78, 5) is 25.8. The Hall–Kier alpha value is -4.13. The second-order valence-electron chi connectivity index (χ2n) is 6.97. The highest BCUT2D eigenvalue weighted by molar-refractivity contribution is 7.89. The molecule has 0 aliphatic heterocycles. The molecule has 0 saturated carbocycles. The number of rotatable bonds is 9. The third kappa shape index (κ3) is 6.22. The number of carbonyl (C=O) groups excluding carboxylic acids is 2. The highest BCUT2D eigenvalue weighted by atomic mass is 32.2. The number of anilines is 1. The Balaban J connectivity index is 1.84. The van der Waals surface area contributed by atoms with Crippen LogP contribution in [-0.4, -0.2) is 33.9 Å². The van der Waals surface area contributed by atoms with Crippen LogP contribution in [0.1, 0.15) is 22.0 Å². The van der Waals surface area contributed by atoms with Gasteiger partial charge in [0.1, 0.15) is 5.75 Å². The van der Waals surface area contributed by atoms with Gasteiger partial charge >= 0.3 is 5.97 Å². The summed E-state index contributed by atoms with van der Waals surface area (Å²) in [5.41, 5.74) is 0.888. The van der Waals surface area contributed by atoms with Crippen LogP contribution in [-0.2, 0) is 19.6 Å². The van der Waals surface area contributed by atoms with Gasteiger partial charge in [-0.25, -0.2) is 13.2 Å². The summed E-state index contributed by atoms with van der Waals surface area (Å²) in [5, 5.41) is 2.71. The number of hydrogen-bond acceptors (Lipinski definition) is 6. The zero-order valence-corrected chi connectivity index (χ0v) is 19.0. The molecule has 9 heteroatoms. The number of ether oxygens (including phenoxy) is 2. The van der Waals surface area contributed by atoms with Gasteiger partial charge in [-0.1, -0.05) is 42.3 Å². The van der Waals surface area contributed by atoms with Crippen molar-refractivity contribution in [2.75, 3.05) is 19.0 Å². The van der Waals surface area contributed by atoms with Crippen molar-refractivity contribution in [3.05, 3.63) is 90.0 Å². The summed E-state index contributed by atoms with van der Waals surface area (Å²) >= 11 is 0. The quantitative estimate of drug-likeness (QED) is 0.361. The summed E-state index contributed by atoms with van der Waals surface area (Å²) in [7, 11) is -2.38. The summed E-state index contributed by atoms with van der Waals surface area (Å²) < 4.78 is 37.5. The van der Waals surface area contributed by atoms with Crippen molar-refractivity contribution >= 4 is 27.6 Å². The van der Waals surface area contributed by atoms with Gasteiger partial charge in [-0.15, -0.1) is 6.42 Å². The van der Waals surface area contributed by atoms with E-state index in [-0.39, 0.29) is 17.0 Å². The molecule has 0 heterocycles. The maximum absolute atomic E-state index is 13.0. The Morgan fingerprint density at radius 2 is 1.71 bits per heavy atom. The standard InChI is InChI=1S/C25H22N2O6S/c1-3-16-26-34(30,31)22-11-7-10-19(17-22)25(29)33-23(18-8-5-4-6-9-18)24(28)27-20-12-14-21(32-2)15-13-20/h1,4-15,17,23,26H,16H2,2H3,(H,27,28). The summed E-state index contributed by atoms with van der Waals surface area (Å²) in [6, 6.07) is 20.4. The summed E-state index contributed by atoms with van der Waals surface area (Å²) in [6.07, 6.45) is 3.82. The number of amides is 1. The number of nitrogens with one attached hydrogen (secondary N) is 2. The Morgan fingerprint density at radius 3 is 2.35 bits per heavy atom. The van der Waals surface area contributed by atoms with Crippen molar-refractivity contribution in [3.8, 4) is 18.1 Å². The molecule has 3 aromatic carbocycles. The van der Waals surface area contributed by atoms with E-state index in [2.05, 4.69) is 16.0 Å². The molecule has 34 heavy (non-hydrogen) atoms. The first-order chi connectivity index (χ1) is 16.3. The molecule has 8 nitrogen and oxygen atoms in total. The molecule has 0 radical (unpaired) electrons. The molecule has 0 fully saturated rings. The molecule has 2 N–H and O–H groups in total. The van der Waals surface area contributed by atoms with E-state index in [9.17, 15) is 18.0 Å². The van der Waals surface area contributed by atoms with E-state index in [0.29, 0.717) is 17.0 Å². The van der Waals surface area contributed by atoms with Gasteiger partial charge in [-0.05, 0) is 42.5 Å². The van der Waals surface area contributed by atoms with E-state index in [1.807, 2.05) is 0 Å². The van der Waals surface area contributed by atoms with Crippen LogP contribution in [0.5, 0.6) is 5.75 Å². The molecule has 0 aliphatic carbocycles. The van der Waals surface area contributed by atoms with E-state index >= 15 is 0 Å². The summed E-state index contributed by atoms with van der Waals surface area (Å²) in [5.74, 6) is 1.35. The number of benzene rings is 3. The lowest BCUT2D eigenvalue weighted by molar-refractivity contribution is -0.125. The number of sulfonamides is 1. The zero-order chi connectivity index (χ0) is 24.6. The number of carbonyl (C=O) groups is 2. The predicted molar refractivity (Wildman–Crippen MR) is 127 cm³/mol. The second kappa shape index (κ2) is 11.1. The molecule has 1 unspecified atom stereocenters. The van der Waals surface area contributed by atoms with Gasteiger partial charge in [-0.3, -0.25) is 4.79 Å². The van der Waals surface area contributed by atoms with Crippen molar-refractivity contribution < 1.29 is 27.5 Å². The Labute approximate surface area is 198 Å². The monoisotopic (exact) mass is 478 g/mol. The smallest absolute Gasteiger partial charge is 0.339 e. The van der Waals surface area contributed by atoms with E-state index in [0.717, 1.165) is 6.07 Å². The minimum Gasteiger partial charge on any atom is -0.497 e. The van der Waals surface area contributed by atoms with Crippen LogP contribution in [0, 0.1) is 12.3 Å². The number of methoxy groups -OCH3 is 1. The Morgan fingerprint density at radius 1 is 1.00 bits per heavy atom. The van der Waals surface area contributed by atoms with Gasteiger partial charge in [0.2, 0.25) is 16.1 Å². The van der Waals surface area contributed by atoms with Crippen LogP contribution in [0.15, 0.2) is 83.8 Å². The van der Waals surface area contributed by atoms with Gasteiger partial charge in [0.25, 0.3) is 5.91 Å². The fourth-order valence-electron chi connectivity index (χ4n) is 2.97. The second-order valence-corrected chi connectivity index (χ2v) is 8.74. The largest absolute Gasteiger partial charge is 0.497 e. The fraction of sp³-hybridized carbons (Fsp3) is 0.120. The average molecular weight is 479 g/mol. The van der Waals surface area contributed by atoms with Crippen molar-refractivity contribution in [1.82, 2.24) is 4.72 Å². The van der Waals surface area contributed by atoms with Gasteiger partial charge in [0.05, 0.1) is 24.1 Å². The minimum absolute atomic E-state index is 0.0400. The van der Waals surface area contributed by atoms with Crippen LogP contribution in [0.25, 0.3) is 0 Å². The van der Waals surface area contributed by atoms with Crippen molar-refractivity contribution in [1.29, 1.82) is 0 Å². The molecule has 1 amide bonds. The van der Waals surface area contributed by atoms with Gasteiger partial charge < -0.3 is 14.8 Å². The molecule has 0 aliphatic rings. The molecule has 3 aromatic rings. The van der Waals surface area contributed by atoms with Crippen LogP contribution < -0.4 is 14.8 Å². The Bertz CT molecular complexity index is 1300. The molecular formula is C25H22N2O6S. The maximum Gasteiger partial charge on any atom is 0.339 e. The van der Waals surface area contributed by atoms with E-state index in [1.54, 1.807) is 54.6 Å². The van der Waals surface area contributed by atoms with Crippen LogP contribution in [0.4, 0.5) is 5.69 Å². The first kappa shape index (κ1) is 24.5. The van der Waals surface area contributed by atoms with E-state index in [4.69, 9.17) is 15.9 Å². The number of terminal acetylenes is 1. The van der Waals surface area contributed by atoms with Gasteiger partial charge in [0, 0.05) is 11.3 Å². The average Bonchev–Trinajstić information content (AvgIpc) is 2.87. The highest BCUT2D eigenvalue weighted by Gasteiger charge is 2.26. The van der Waals surface area contributed by atoms with Crippen molar-refractivity contribution in [3.63, 3.8) is 0 Å². The number of hydrogen-bond donors (Lipinski definition) is 2. The highest BCUT2D eigenvalue weighted by Crippen LogP contribution is 2.23. The van der Waals surface area contributed by atoms with E-state index < -0.39 is 28.0 Å². The SMILES string of the molecule is C#CCNS(=O)(=O)c1cccc(C(=O)OC(C(=O)Nc2ccc(OC)cc2)c2ccccc2)c1. The lowest BCUT2D eigenvalue weighted by Crippen LogP contribution is -2.26. The third-order valence-corrected chi connectivity index (χ3v) is 6.07. The first-order valence-electron chi connectivity index (χ1n) is 10.1. The minimum atomic E-state index is -3.91. The summed E-state index contributed by atoms with van der Waals surface area (Å²) in [6.45, 7) is -0.196. The van der Waals surface area contributed by atoms with Crippen molar-refractivity contribution in [2.24, 2.45) is 0 Å². The molecule has 174 valence electrons. The Kier molecular flexibility index (Phi) is 8.03. The predicted octanol–water partition coefficient (Wildman–Crippen LogP) is 3.14. The molecule has 0 saturated heterocycles. The van der Waals surface area contributed by atoms with Gasteiger partial charge in [0.15, 0.2) is 0 Å². The van der Waals surface area contributed by atoms with Gasteiger partial charge in [-0.2, -0.15) is 4.72 Å². The van der Waals surface area contributed by atoms with Crippen LogP contribution in [0.2, 0.25) is 0 Å². The van der Waals surface area contributed by atoms with Crippen LogP contribution in [0.3, 0.4) is 0 Å². The molecule has 0 bridgehead atoms. The third-order valence-electron chi connectivity index (χ3n) is 4.67. The maximum atomic E-state index is 13.0. The zero-order valence-electron chi connectivity index (χ0n) is 18.2. The molecule has 1 atom stereocenters. The van der Waals surface area contributed by atoms with Crippen LogP contribution >= 0.6 is 0 Å².